The lowest BCUT2D eigenvalue weighted by Crippen LogP contribution is -2.53. The molecule has 0 saturated carbocycles. The van der Waals surface area contributed by atoms with Crippen LogP contribution in [0.15, 0.2) is 0 Å². The molecule has 3 N–H and O–H groups in total. The summed E-state index contributed by atoms with van der Waals surface area (Å²) in [5.74, 6) is 0. The standard InChI is InChI=1S/C8H17F3N2O/c1-6(2)13(3-4-14)7(5-12)8(9,10)11/h6-7,14H,3-5,12H2,1-2H3. The smallest absolute Gasteiger partial charge is 0.395 e. The van der Waals surface area contributed by atoms with E-state index in [0.717, 1.165) is 4.90 Å². The molecule has 0 aliphatic heterocycles. The maximum absolute atomic E-state index is 12.5. The Kier molecular flexibility index (Phi) is 5.40. The summed E-state index contributed by atoms with van der Waals surface area (Å²) in [5.41, 5.74) is 5.08. The number of hydrogen-bond donors (Lipinski definition) is 2. The second-order valence-corrected chi connectivity index (χ2v) is 3.35. The first-order valence-corrected chi connectivity index (χ1v) is 4.48. The molecule has 0 rings (SSSR count). The van der Waals surface area contributed by atoms with E-state index in [1.807, 2.05) is 0 Å². The van der Waals surface area contributed by atoms with Crippen LogP contribution in [0.5, 0.6) is 0 Å². The number of halogens is 3. The summed E-state index contributed by atoms with van der Waals surface area (Å²) in [6, 6.07) is -1.97. The molecule has 0 amide bonds. The van der Waals surface area contributed by atoms with Gasteiger partial charge in [-0.2, -0.15) is 13.2 Å². The van der Waals surface area contributed by atoms with Crippen molar-refractivity contribution in [2.24, 2.45) is 5.73 Å². The van der Waals surface area contributed by atoms with E-state index in [-0.39, 0.29) is 19.2 Å². The Hall–Kier alpha value is -0.330. The van der Waals surface area contributed by atoms with Gasteiger partial charge < -0.3 is 10.8 Å². The van der Waals surface area contributed by atoms with Gasteiger partial charge in [-0.25, -0.2) is 0 Å². The van der Waals surface area contributed by atoms with Crippen molar-refractivity contribution in [3.05, 3.63) is 0 Å². The van der Waals surface area contributed by atoms with Crippen LogP contribution in [-0.2, 0) is 0 Å². The zero-order valence-electron chi connectivity index (χ0n) is 8.38. The Morgan fingerprint density at radius 2 is 1.86 bits per heavy atom. The van der Waals surface area contributed by atoms with Gasteiger partial charge in [0.25, 0.3) is 0 Å². The van der Waals surface area contributed by atoms with Crippen LogP contribution < -0.4 is 5.73 Å². The Morgan fingerprint density at radius 3 is 2.07 bits per heavy atom. The van der Waals surface area contributed by atoms with Gasteiger partial charge in [0.2, 0.25) is 0 Å². The molecule has 1 unspecified atom stereocenters. The Bertz CT molecular complexity index is 161. The number of alkyl halides is 3. The molecule has 0 aromatic carbocycles. The topological polar surface area (TPSA) is 49.5 Å². The van der Waals surface area contributed by atoms with Gasteiger partial charge in [0.1, 0.15) is 6.04 Å². The van der Waals surface area contributed by atoms with Crippen molar-refractivity contribution in [3.8, 4) is 0 Å². The monoisotopic (exact) mass is 214 g/mol. The Morgan fingerprint density at radius 1 is 1.36 bits per heavy atom. The molecule has 1 atom stereocenters. The van der Waals surface area contributed by atoms with Crippen molar-refractivity contribution in [2.75, 3.05) is 19.7 Å². The minimum atomic E-state index is -4.34. The molecule has 86 valence electrons. The van der Waals surface area contributed by atoms with Gasteiger partial charge >= 0.3 is 6.18 Å². The Labute approximate surface area is 81.7 Å². The van der Waals surface area contributed by atoms with Crippen molar-refractivity contribution >= 4 is 0 Å². The second kappa shape index (κ2) is 5.53. The fourth-order valence-corrected chi connectivity index (χ4v) is 1.35. The fourth-order valence-electron chi connectivity index (χ4n) is 1.35. The van der Waals surface area contributed by atoms with E-state index in [1.165, 1.54) is 0 Å². The molecule has 0 radical (unpaired) electrons. The fraction of sp³-hybridized carbons (Fsp3) is 1.00. The molecule has 0 aromatic heterocycles. The molecular formula is C8H17F3N2O. The predicted octanol–water partition coefficient (Wildman–Crippen LogP) is 0.579. The highest BCUT2D eigenvalue weighted by Gasteiger charge is 2.43. The lowest BCUT2D eigenvalue weighted by molar-refractivity contribution is -0.186. The summed E-state index contributed by atoms with van der Waals surface area (Å²) >= 11 is 0. The zero-order chi connectivity index (χ0) is 11.4. The largest absolute Gasteiger partial charge is 0.405 e. The molecule has 0 fully saturated rings. The molecule has 0 aromatic rings. The average molecular weight is 214 g/mol. The minimum absolute atomic E-state index is 0.0148. The molecule has 0 bridgehead atoms. The lowest BCUT2D eigenvalue weighted by Gasteiger charge is -2.34. The summed E-state index contributed by atoms with van der Waals surface area (Å²) < 4.78 is 37.4. The van der Waals surface area contributed by atoms with Crippen molar-refractivity contribution < 1.29 is 18.3 Å². The molecule has 0 saturated heterocycles. The molecule has 0 spiro atoms. The molecule has 0 aliphatic carbocycles. The quantitative estimate of drug-likeness (QED) is 0.703. The van der Waals surface area contributed by atoms with Crippen molar-refractivity contribution in [2.45, 2.75) is 32.1 Å². The molecule has 0 heterocycles. The van der Waals surface area contributed by atoms with E-state index in [2.05, 4.69) is 0 Å². The number of hydrogen-bond acceptors (Lipinski definition) is 3. The van der Waals surface area contributed by atoms with Crippen LogP contribution in [-0.4, -0.2) is 48.0 Å². The summed E-state index contributed by atoms with van der Waals surface area (Å²) in [6.45, 7) is 2.49. The van der Waals surface area contributed by atoms with E-state index in [9.17, 15) is 13.2 Å². The van der Waals surface area contributed by atoms with Gasteiger partial charge in [-0.3, -0.25) is 4.90 Å². The van der Waals surface area contributed by atoms with Gasteiger partial charge in [-0.05, 0) is 13.8 Å². The van der Waals surface area contributed by atoms with Crippen LogP contribution in [0.2, 0.25) is 0 Å². The summed E-state index contributed by atoms with van der Waals surface area (Å²) in [7, 11) is 0. The Balaban J connectivity index is 4.58. The molecular weight excluding hydrogens is 197 g/mol. The van der Waals surface area contributed by atoms with Gasteiger partial charge in [-0.15, -0.1) is 0 Å². The number of nitrogens with two attached hydrogens (primary N) is 1. The predicted molar refractivity (Wildman–Crippen MR) is 47.8 cm³/mol. The third-order valence-corrected chi connectivity index (χ3v) is 2.02. The first-order chi connectivity index (χ1) is 6.34. The molecule has 6 heteroatoms. The van der Waals surface area contributed by atoms with Crippen LogP contribution in [0, 0.1) is 0 Å². The zero-order valence-corrected chi connectivity index (χ0v) is 8.38. The second-order valence-electron chi connectivity index (χ2n) is 3.35. The minimum Gasteiger partial charge on any atom is -0.395 e. The first-order valence-electron chi connectivity index (χ1n) is 4.48. The highest BCUT2D eigenvalue weighted by molar-refractivity contribution is 4.81. The third-order valence-electron chi connectivity index (χ3n) is 2.02. The SMILES string of the molecule is CC(C)N(CCO)C(CN)C(F)(F)F. The van der Waals surface area contributed by atoms with E-state index in [0.29, 0.717) is 0 Å². The highest BCUT2D eigenvalue weighted by atomic mass is 19.4. The van der Waals surface area contributed by atoms with Crippen LogP contribution in [0.4, 0.5) is 13.2 Å². The summed E-state index contributed by atoms with van der Waals surface area (Å²) in [6.07, 6.45) is -4.34. The van der Waals surface area contributed by atoms with E-state index < -0.39 is 18.8 Å². The van der Waals surface area contributed by atoms with Crippen molar-refractivity contribution in [1.82, 2.24) is 4.90 Å². The molecule has 3 nitrogen and oxygen atoms in total. The van der Waals surface area contributed by atoms with E-state index in [4.69, 9.17) is 10.8 Å². The van der Waals surface area contributed by atoms with Gasteiger partial charge in [0.05, 0.1) is 6.61 Å². The van der Waals surface area contributed by atoms with Crippen LogP contribution >= 0.6 is 0 Å². The van der Waals surface area contributed by atoms with Crippen molar-refractivity contribution in [1.29, 1.82) is 0 Å². The summed E-state index contributed by atoms with van der Waals surface area (Å²) in [5, 5.41) is 8.65. The molecule has 0 aliphatic rings. The normalized spacial score (nSPS) is 15.2. The lowest BCUT2D eigenvalue weighted by atomic mass is 10.2. The highest BCUT2D eigenvalue weighted by Crippen LogP contribution is 2.25. The number of rotatable bonds is 5. The van der Waals surface area contributed by atoms with Crippen LogP contribution in [0.1, 0.15) is 13.8 Å². The van der Waals surface area contributed by atoms with Crippen molar-refractivity contribution in [3.63, 3.8) is 0 Å². The molecule has 14 heavy (non-hydrogen) atoms. The van der Waals surface area contributed by atoms with Gasteiger partial charge in [-0.1, -0.05) is 0 Å². The summed E-state index contributed by atoms with van der Waals surface area (Å²) in [4.78, 5) is 1.15. The van der Waals surface area contributed by atoms with Crippen LogP contribution in [0.3, 0.4) is 0 Å². The van der Waals surface area contributed by atoms with E-state index >= 15 is 0 Å². The number of aliphatic hydroxyl groups is 1. The number of nitrogens with zero attached hydrogens (tertiary/aromatic N) is 1. The average Bonchev–Trinajstić information content (AvgIpc) is 2.01. The maximum atomic E-state index is 12.5. The maximum Gasteiger partial charge on any atom is 0.405 e. The van der Waals surface area contributed by atoms with Crippen LogP contribution in [0.25, 0.3) is 0 Å². The van der Waals surface area contributed by atoms with Gasteiger partial charge in [0.15, 0.2) is 0 Å². The van der Waals surface area contributed by atoms with E-state index in [1.54, 1.807) is 13.8 Å². The first kappa shape index (κ1) is 13.7. The van der Waals surface area contributed by atoms with Gasteiger partial charge in [0, 0.05) is 19.1 Å². The number of aliphatic hydroxyl groups excluding tert-OH is 1. The third kappa shape index (κ3) is 3.81.